The number of carboxylic acid groups (broad SMARTS) is 1. The molecule has 0 aliphatic carbocycles. The summed E-state index contributed by atoms with van der Waals surface area (Å²) >= 11 is 0. The van der Waals surface area contributed by atoms with E-state index in [-0.39, 0.29) is 11.7 Å². The summed E-state index contributed by atoms with van der Waals surface area (Å²) < 4.78 is 12.7. The van der Waals surface area contributed by atoms with Crippen LogP contribution in [0.2, 0.25) is 0 Å². The van der Waals surface area contributed by atoms with Gasteiger partial charge in [0.1, 0.15) is 5.82 Å². The Morgan fingerprint density at radius 3 is 2.38 bits per heavy atom. The van der Waals surface area contributed by atoms with E-state index in [0.29, 0.717) is 6.42 Å². The van der Waals surface area contributed by atoms with Gasteiger partial charge in [-0.3, -0.25) is 0 Å². The van der Waals surface area contributed by atoms with Crippen LogP contribution in [-0.2, 0) is 11.2 Å². The number of hydrogen-bond donors (Lipinski definition) is 1. The van der Waals surface area contributed by atoms with Crippen LogP contribution in [-0.4, -0.2) is 11.1 Å². The molecule has 3 heteroatoms. The maximum atomic E-state index is 12.7. The zero-order valence-corrected chi connectivity index (χ0v) is 9.40. The Balaban J connectivity index is 2.84. The molecule has 0 amide bonds. The van der Waals surface area contributed by atoms with Crippen LogP contribution in [0.25, 0.3) is 0 Å². The fourth-order valence-corrected chi connectivity index (χ4v) is 1.42. The number of halogens is 1. The fourth-order valence-electron chi connectivity index (χ4n) is 1.42. The number of hydrogen-bond acceptors (Lipinski definition) is 1. The molecule has 16 heavy (non-hydrogen) atoms. The number of rotatable bonds is 4. The average molecular weight is 222 g/mol. The number of allylic oxidation sites excluding steroid dienone is 1. The SMILES string of the molecule is CC(C)/C(=C\C(=O)O)Cc1ccc(F)cc1. The molecule has 0 aliphatic rings. The van der Waals surface area contributed by atoms with Crippen molar-refractivity contribution in [2.45, 2.75) is 20.3 Å². The van der Waals surface area contributed by atoms with Crippen molar-refractivity contribution in [3.05, 3.63) is 47.3 Å². The molecule has 0 radical (unpaired) electrons. The molecule has 0 saturated carbocycles. The molecule has 0 spiro atoms. The van der Waals surface area contributed by atoms with Gasteiger partial charge < -0.3 is 5.11 Å². The van der Waals surface area contributed by atoms with Crippen LogP contribution in [0.4, 0.5) is 4.39 Å². The Morgan fingerprint density at radius 1 is 1.38 bits per heavy atom. The van der Waals surface area contributed by atoms with E-state index in [0.717, 1.165) is 11.1 Å². The quantitative estimate of drug-likeness (QED) is 0.795. The summed E-state index contributed by atoms with van der Waals surface area (Å²) in [6, 6.07) is 6.11. The van der Waals surface area contributed by atoms with Gasteiger partial charge >= 0.3 is 5.97 Å². The Morgan fingerprint density at radius 2 is 1.94 bits per heavy atom. The molecule has 2 nitrogen and oxygen atoms in total. The highest BCUT2D eigenvalue weighted by Crippen LogP contribution is 2.16. The molecule has 0 atom stereocenters. The van der Waals surface area contributed by atoms with E-state index in [1.54, 1.807) is 12.1 Å². The van der Waals surface area contributed by atoms with Crippen LogP contribution in [0.3, 0.4) is 0 Å². The second kappa shape index (κ2) is 5.45. The summed E-state index contributed by atoms with van der Waals surface area (Å²) in [4.78, 5) is 10.6. The second-order valence-electron chi connectivity index (χ2n) is 4.02. The lowest BCUT2D eigenvalue weighted by molar-refractivity contribution is -0.131. The van der Waals surface area contributed by atoms with Crippen molar-refractivity contribution >= 4 is 5.97 Å². The van der Waals surface area contributed by atoms with Crippen LogP contribution < -0.4 is 0 Å². The summed E-state index contributed by atoms with van der Waals surface area (Å²) in [5.74, 6) is -1.05. The number of aliphatic carboxylic acids is 1. The Labute approximate surface area is 94.4 Å². The van der Waals surface area contributed by atoms with Crippen molar-refractivity contribution in [3.63, 3.8) is 0 Å². The van der Waals surface area contributed by atoms with Crippen molar-refractivity contribution in [1.82, 2.24) is 0 Å². The van der Waals surface area contributed by atoms with E-state index >= 15 is 0 Å². The van der Waals surface area contributed by atoms with Crippen molar-refractivity contribution < 1.29 is 14.3 Å². The number of carboxylic acids is 1. The average Bonchev–Trinajstić information content (AvgIpc) is 2.19. The highest BCUT2D eigenvalue weighted by atomic mass is 19.1. The molecule has 0 bridgehead atoms. The minimum absolute atomic E-state index is 0.168. The number of carbonyl (C=O) groups is 1. The predicted molar refractivity (Wildman–Crippen MR) is 60.7 cm³/mol. The molecule has 0 aliphatic heterocycles. The van der Waals surface area contributed by atoms with E-state index in [4.69, 9.17) is 5.11 Å². The Bertz CT molecular complexity index is 391. The molecule has 0 saturated heterocycles. The molecular weight excluding hydrogens is 207 g/mol. The molecule has 0 fully saturated rings. The normalized spacial score (nSPS) is 11.9. The van der Waals surface area contributed by atoms with Gasteiger partial charge in [0.25, 0.3) is 0 Å². The predicted octanol–water partition coefficient (Wildman–Crippen LogP) is 3.04. The van der Waals surface area contributed by atoms with Crippen molar-refractivity contribution in [1.29, 1.82) is 0 Å². The van der Waals surface area contributed by atoms with Crippen LogP contribution in [0, 0.1) is 11.7 Å². The highest BCUT2D eigenvalue weighted by molar-refractivity contribution is 5.80. The fraction of sp³-hybridized carbons (Fsp3) is 0.308. The molecule has 86 valence electrons. The smallest absolute Gasteiger partial charge is 0.328 e. The summed E-state index contributed by atoms with van der Waals surface area (Å²) in [6.45, 7) is 3.89. The van der Waals surface area contributed by atoms with E-state index in [2.05, 4.69) is 0 Å². The molecule has 0 unspecified atom stereocenters. The summed E-state index contributed by atoms with van der Waals surface area (Å²) in [5.41, 5.74) is 1.75. The lowest BCUT2D eigenvalue weighted by Gasteiger charge is -2.10. The lowest BCUT2D eigenvalue weighted by Crippen LogP contribution is -2.02. The Hall–Kier alpha value is -1.64. The van der Waals surface area contributed by atoms with E-state index in [1.165, 1.54) is 18.2 Å². The minimum Gasteiger partial charge on any atom is -0.478 e. The second-order valence-corrected chi connectivity index (χ2v) is 4.02. The van der Waals surface area contributed by atoms with Crippen molar-refractivity contribution in [2.24, 2.45) is 5.92 Å². The largest absolute Gasteiger partial charge is 0.478 e. The van der Waals surface area contributed by atoms with Crippen LogP contribution in [0.15, 0.2) is 35.9 Å². The first-order chi connectivity index (χ1) is 7.49. The minimum atomic E-state index is -0.939. The van der Waals surface area contributed by atoms with Gasteiger partial charge in [0, 0.05) is 6.08 Å². The van der Waals surface area contributed by atoms with E-state index in [1.807, 2.05) is 13.8 Å². The maximum Gasteiger partial charge on any atom is 0.328 e. The first-order valence-electron chi connectivity index (χ1n) is 5.17. The van der Waals surface area contributed by atoms with Crippen LogP contribution in [0.5, 0.6) is 0 Å². The third-order valence-corrected chi connectivity index (χ3v) is 2.37. The zero-order chi connectivity index (χ0) is 12.1. The lowest BCUT2D eigenvalue weighted by atomic mass is 9.95. The van der Waals surface area contributed by atoms with Crippen LogP contribution >= 0.6 is 0 Å². The standard InChI is InChI=1S/C13H15FO2/c1-9(2)11(8-13(15)16)7-10-3-5-12(14)6-4-10/h3-6,8-9H,7H2,1-2H3,(H,15,16)/b11-8-. The Kier molecular flexibility index (Phi) is 4.23. The van der Waals surface area contributed by atoms with Crippen molar-refractivity contribution in [3.8, 4) is 0 Å². The zero-order valence-electron chi connectivity index (χ0n) is 9.40. The van der Waals surface area contributed by atoms with Gasteiger partial charge in [0.05, 0.1) is 0 Å². The topological polar surface area (TPSA) is 37.3 Å². The highest BCUT2D eigenvalue weighted by Gasteiger charge is 2.07. The summed E-state index contributed by atoms with van der Waals surface area (Å²) in [6.07, 6.45) is 1.78. The van der Waals surface area contributed by atoms with Gasteiger partial charge in [-0.05, 0) is 30.0 Å². The molecule has 0 heterocycles. The maximum absolute atomic E-state index is 12.7. The van der Waals surface area contributed by atoms with Gasteiger partial charge in [0.15, 0.2) is 0 Å². The van der Waals surface area contributed by atoms with Gasteiger partial charge in [-0.15, -0.1) is 0 Å². The molecule has 1 aromatic rings. The molecule has 0 aromatic heterocycles. The molecular formula is C13H15FO2. The van der Waals surface area contributed by atoms with Gasteiger partial charge in [0.2, 0.25) is 0 Å². The van der Waals surface area contributed by atoms with E-state index in [9.17, 15) is 9.18 Å². The number of benzene rings is 1. The summed E-state index contributed by atoms with van der Waals surface area (Å²) in [7, 11) is 0. The van der Waals surface area contributed by atoms with Crippen LogP contribution in [0.1, 0.15) is 19.4 Å². The summed E-state index contributed by atoms with van der Waals surface area (Å²) in [5, 5.41) is 8.72. The molecule has 1 N–H and O–H groups in total. The van der Waals surface area contributed by atoms with E-state index < -0.39 is 5.97 Å². The molecule has 1 aromatic carbocycles. The van der Waals surface area contributed by atoms with Gasteiger partial charge in [-0.1, -0.05) is 31.6 Å². The third kappa shape index (κ3) is 3.85. The molecule has 1 rings (SSSR count). The monoisotopic (exact) mass is 222 g/mol. The van der Waals surface area contributed by atoms with Crippen molar-refractivity contribution in [2.75, 3.05) is 0 Å². The first-order valence-corrected chi connectivity index (χ1v) is 5.17. The third-order valence-electron chi connectivity index (χ3n) is 2.37. The van der Waals surface area contributed by atoms with Gasteiger partial charge in [-0.25, -0.2) is 9.18 Å². The first kappa shape index (κ1) is 12.4. The van der Waals surface area contributed by atoms with Gasteiger partial charge in [-0.2, -0.15) is 0 Å².